The Balaban J connectivity index is 2.58. The predicted molar refractivity (Wildman–Crippen MR) is 62.2 cm³/mol. The highest BCUT2D eigenvalue weighted by molar-refractivity contribution is 4.89. The quantitative estimate of drug-likeness (QED) is 0.728. The van der Waals surface area contributed by atoms with Crippen molar-refractivity contribution in [1.29, 1.82) is 0 Å². The monoisotopic (exact) mass is 198 g/mol. The van der Waals surface area contributed by atoms with Crippen molar-refractivity contribution in [1.82, 2.24) is 5.32 Å². The third-order valence-electron chi connectivity index (χ3n) is 3.47. The molecule has 0 saturated carbocycles. The van der Waals surface area contributed by atoms with Gasteiger partial charge in [-0.15, -0.1) is 0 Å². The molecule has 0 amide bonds. The van der Waals surface area contributed by atoms with Crippen LogP contribution in [0.4, 0.5) is 0 Å². The molecule has 4 atom stereocenters. The largest absolute Gasteiger partial charge is 0.330 e. The van der Waals surface area contributed by atoms with Gasteiger partial charge in [-0.3, -0.25) is 0 Å². The van der Waals surface area contributed by atoms with Gasteiger partial charge in [-0.2, -0.15) is 0 Å². The maximum Gasteiger partial charge on any atom is 0.0115 e. The molecule has 84 valence electrons. The van der Waals surface area contributed by atoms with E-state index in [0.717, 1.165) is 18.4 Å². The summed E-state index contributed by atoms with van der Waals surface area (Å²) in [5.74, 6) is 2.22. The van der Waals surface area contributed by atoms with E-state index in [1.54, 1.807) is 0 Å². The molecule has 0 aromatic rings. The lowest BCUT2D eigenvalue weighted by atomic mass is 9.77. The summed E-state index contributed by atoms with van der Waals surface area (Å²) >= 11 is 0. The third kappa shape index (κ3) is 2.96. The fourth-order valence-electron chi connectivity index (χ4n) is 2.83. The van der Waals surface area contributed by atoms with Crippen LogP contribution in [0.25, 0.3) is 0 Å². The summed E-state index contributed by atoms with van der Waals surface area (Å²) in [5.41, 5.74) is 5.87. The van der Waals surface area contributed by atoms with Crippen molar-refractivity contribution in [2.24, 2.45) is 23.5 Å². The van der Waals surface area contributed by atoms with Crippen LogP contribution in [0, 0.1) is 17.8 Å². The van der Waals surface area contributed by atoms with Crippen LogP contribution in [0.2, 0.25) is 0 Å². The Morgan fingerprint density at radius 3 is 2.50 bits per heavy atom. The van der Waals surface area contributed by atoms with E-state index in [-0.39, 0.29) is 0 Å². The molecule has 2 nitrogen and oxygen atoms in total. The minimum Gasteiger partial charge on any atom is -0.330 e. The molecule has 1 aliphatic rings. The number of rotatable bonds is 3. The van der Waals surface area contributed by atoms with Crippen LogP contribution in [0.5, 0.6) is 0 Å². The molecule has 14 heavy (non-hydrogen) atoms. The number of hydrogen-bond acceptors (Lipinski definition) is 2. The van der Waals surface area contributed by atoms with Gasteiger partial charge in [0.15, 0.2) is 0 Å². The Kier molecular flexibility index (Phi) is 4.39. The Morgan fingerprint density at radius 2 is 2.00 bits per heavy atom. The minimum absolute atomic E-state index is 0.638. The van der Waals surface area contributed by atoms with Gasteiger partial charge in [0.25, 0.3) is 0 Å². The average Bonchev–Trinajstić information content (AvgIpc) is 2.01. The van der Waals surface area contributed by atoms with E-state index in [4.69, 9.17) is 5.73 Å². The van der Waals surface area contributed by atoms with Gasteiger partial charge >= 0.3 is 0 Å². The Bertz CT molecular complexity index is 166. The first-order valence-electron chi connectivity index (χ1n) is 6.00. The lowest BCUT2D eigenvalue weighted by Gasteiger charge is -2.41. The summed E-state index contributed by atoms with van der Waals surface area (Å²) in [6.07, 6.45) is 2.53. The number of hydrogen-bond donors (Lipinski definition) is 2. The Hall–Kier alpha value is -0.0800. The molecule has 4 unspecified atom stereocenters. The zero-order valence-electron chi connectivity index (χ0n) is 10.1. The van der Waals surface area contributed by atoms with E-state index in [2.05, 4.69) is 33.0 Å². The van der Waals surface area contributed by atoms with Crippen molar-refractivity contribution in [3.8, 4) is 0 Å². The van der Waals surface area contributed by atoms with Gasteiger partial charge in [0, 0.05) is 12.1 Å². The molecule has 1 heterocycles. The van der Waals surface area contributed by atoms with Crippen LogP contribution >= 0.6 is 0 Å². The highest BCUT2D eigenvalue weighted by Gasteiger charge is 2.32. The van der Waals surface area contributed by atoms with Crippen LogP contribution in [-0.4, -0.2) is 18.6 Å². The summed E-state index contributed by atoms with van der Waals surface area (Å²) in [7, 11) is 0. The second kappa shape index (κ2) is 5.13. The van der Waals surface area contributed by atoms with E-state index in [0.29, 0.717) is 18.0 Å². The van der Waals surface area contributed by atoms with Gasteiger partial charge in [-0.1, -0.05) is 20.8 Å². The predicted octanol–water partition coefficient (Wildman–Crippen LogP) is 1.99. The molecule has 1 saturated heterocycles. The molecule has 0 aromatic heterocycles. The normalized spacial score (nSPS) is 39.0. The maximum atomic E-state index is 5.87. The molecular formula is C12H26N2. The fraction of sp³-hybridized carbons (Fsp3) is 1.00. The molecule has 0 radical (unpaired) electrons. The molecular weight excluding hydrogens is 172 g/mol. The zero-order chi connectivity index (χ0) is 10.7. The molecule has 1 rings (SSSR count). The summed E-state index contributed by atoms with van der Waals surface area (Å²) in [6, 6.07) is 1.30. The zero-order valence-corrected chi connectivity index (χ0v) is 10.1. The highest BCUT2D eigenvalue weighted by atomic mass is 15.0. The lowest BCUT2D eigenvalue weighted by Crippen LogP contribution is -2.52. The Morgan fingerprint density at radius 1 is 1.36 bits per heavy atom. The first kappa shape index (κ1) is 12.0. The van der Waals surface area contributed by atoms with Gasteiger partial charge in [-0.05, 0) is 44.1 Å². The first-order chi connectivity index (χ1) is 6.54. The van der Waals surface area contributed by atoms with E-state index in [9.17, 15) is 0 Å². The molecule has 2 heteroatoms. The number of nitrogens with one attached hydrogen (secondary N) is 1. The van der Waals surface area contributed by atoms with Crippen LogP contribution in [0.15, 0.2) is 0 Å². The van der Waals surface area contributed by atoms with E-state index >= 15 is 0 Å². The standard InChI is InChI=1S/C12H26N2/c1-8(2)5-12-11(7-13)9(3)6-10(4)14-12/h8-12,14H,5-7,13H2,1-4H3. The fourth-order valence-corrected chi connectivity index (χ4v) is 2.83. The van der Waals surface area contributed by atoms with Crippen molar-refractivity contribution in [3.63, 3.8) is 0 Å². The van der Waals surface area contributed by atoms with Crippen molar-refractivity contribution >= 4 is 0 Å². The van der Waals surface area contributed by atoms with Gasteiger partial charge in [-0.25, -0.2) is 0 Å². The SMILES string of the molecule is CC(C)CC1NC(C)CC(C)C1CN. The number of nitrogens with two attached hydrogens (primary N) is 1. The molecule has 3 N–H and O–H groups in total. The lowest BCUT2D eigenvalue weighted by molar-refractivity contribution is 0.156. The molecule has 1 fully saturated rings. The summed E-state index contributed by atoms with van der Waals surface area (Å²) < 4.78 is 0. The van der Waals surface area contributed by atoms with Gasteiger partial charge in [0.05, 0.1) is 0 Å². The van der Waals surface area contributed by atoms with Crippen molar-refractivity contribution in [2.75, 3.05) is 6.54 Å². The maximum absolute atomic E-state index is 5.87. The van der Waals surface area contributed by atoms with Gasteiger partial charge in [0.1, 0.15) is 0 Å². The summed E-state index contributed by atoms with van der Waals surface area (Å²) in [6.45, 7) is 10.1. The second-order valence-corrected chi connectivity index (χ2v) is 5.42. The average molecular weight is 198 g/mol. The first-order valence-corrected chi connectivity index (χ1v) is 6.00. The van der Waals surface area contributed by atoms with Gasteiger partial charge < -0.3 is 11.1 Å². The number of piperidine rings is 1. The summed E-state index contributed by atoms with van der Waals surface area (Å²) in [4.78, 5) is 0. The van der Waals surface area contributed by atoms with Crippen molar-refractivity contribution in [2.45, 2.75) is 52.6 Å². The highest BCUT2D eigenvalue weighted by Crippen LogP contribution is 2.28. The molecule has 1 aliphatic heterocycles. The Labute approximate surface area is 88.6 Å². The second-order valence-electron chi connectivity index (χ2n) is 5.42. The van der Waals surface area contributed by atoms with Crippen molar-refractivity contribution in [3.05, 3.63) is 0 Å². The molecule has 0 bridgehead atoms. The van der Waals surface area contributed by atoms with Gasteiger partial charge in [0.2, 0.25) is 0 Å². The van der Waals surface area contributed by atoms with Crippen LogP contribution in [-0.2, 0) is 0 Å². The van der Waals surface area contributed by atoms with E-state index in [1.165, 1.54) is 12.8 Å². The third-order valence-corrected chi connectivity index (χ3v) is 3.47. The molecule has 0 aromatic carbocycles. The van der Waals surface area contributed by atoms with Crippen molar-refractivity contribution < 1.29 is 0 Å². The molecule has 0 aliphatic carbocycles. The smallest absolute Gasteiger partial charge is 0.0115 e. The van der Waals surface area contributed by atoms with Crippen LogP contribution < -0.4 is 11.1 Å². The topological polar surface area (TPSA) is 38.0 Å². The van der Waals surface area contributed by atoms with Crippen LogP contribution in [0.3, 0.4) is 0 Å². The summed E-state index contributed by atoms with van der Waals surface area (Å²) in [5, 5.41) is 3.70. The van der Waals surface area contributed by atoms with E-state index < -0.39 is 0 Å². The molecule has 0 spiro atoms. The van der Waals surface area contributed by atoms with Crippen LogP contribution in [0.1, 0.15) is 40.5 Å². The minimum atomic E-state index is 0.638. The van der Waals surface area contributed by atoms with E-state index in [1.807, 2.05) is 0 Å².